The summed E-state index contributed by atoms with van der Waals surface area (Å²) in [4.78, 5) is 13.7. The van der Waals surface area contributed by atoms with Crippen molar-refractivity contribution in [3.63, 3.8) is 0 Å². The molecule has 1 heterocycles. The Kier molecular flexibility index (Phi) is 5.51. The third-order valence-corrected chi connectivity index (χ3v) is 4.05. The summed E-state index contributed by atoms with van der Waals surface area (Å²) in [7, 11) is 0. The van der Waals surface area contributed by atoms with Crippen LogP contribution in [0, 0.1) is 5.92 Å². The van der Waals surface area contributed by atoms with E-state index in [0.29, 0.717) is 13.1 Å². The Morgan fingerprint density at radius 3 is 2.74 bits per heavy atom. The van der Waals surface area contributed by atoms with Crippen LogP contribution in [0.3, 0.4) is 0 Å². The summed E-state index contributed by atoms with van der Waals surface area (Å²) in [5.74, 6) is 0.0852. The van der Waals surface area contributed by atoms with E-state index in [4.69, 9.17) is 5.11 Å². The number of aliphatic hydroxyl groups excluding tert-OH is 1. The van der Waals surface area contributed by atoms with Crippen LogP contribution in [0.5, 0.6) is 0 Å². The molecule has 0 saturated carbocycles. The van der Waals surface area contributed by atoms with Crippen LogP contribution in [0.4, 0.5) is 18.0 Å². The molecule has 1 fully saturated rings. The van der Waals surface area contributed by atoms with E-state index in [1.54, 1.807) is 17.9 Å². The van der Waals surface area contributed by atoms with Gasteiger partial charge in [0.2, 0.25) is 0 Å². The van der Waals surface area contributed by atoms with E-state index in [9.17, 15) is 18.0 Å². The van der Waals surface area contributed by atoms with Crippen LogP contribution < -0.4 is 5.32 Å². The molecule has 0 unspecified atom stereocenters. The lowest BCUT2D eigenvalue weighted by atomic mass is 10.0. The molecule has 4 nitrogen and oxygen atoms in total. The summed E-state index contributed by atoms with van der Waals surface area (Å²) >= 11 is 0. The summed E-state index contributed by atoms with van der Waals surface area (Å²) in [6, 6.07) is 4.69. The lowest BCUT2D eigenvalue weighted by molar-refractivity contribution is -0.138. The Hall–Kier alpha value is -1.76. The molecule has 2 N–H and O–H groups in total. The molecule has 1 aromatic rings. The van der Waals surface area contributed by atoms with E-state index in [1.165, 1.54) is 12.1 Å². The second-order valence-electron chi connectivity index (χ2n) is 5.99. The van der Waals surface area contributed by atoms with E-state index in [2.05, 4.69) is 5.32 Å². The zero-order valence-corrected chi connectivity index (χ0v) is 12.9. The van der Waals surface area contributed by atoms with E-state index >= 15 is 0 Å². The fourth-order valence-electron chi connectivity index (χ4n) is 2.82. The third-order valence-electron chi connectivity index (χ3n) is 4.05. The van der Waals surface area contributed by atoms with Gasteiger partial charge in [0.1, 0.15) is 0 Å². The fraction of sp³-hybridized carbons (Fsp3) is 0.562. The Morgan fingerprint density at radius 2 is 2.13 bits per heavy atom. The molecule has 2 rings (SSSR count). The molecule has 1 aliphatic heterocycles. The fourth-order valence-corrected chi connectivity index (χ4v) is 2.82. The molecule has 0 aliphatic carbocycles. The molecule has 1 aromatic carbocycles. The van der Waals surface area contributed by atoms with Crippen molar-refractivity contribution in [1.29, 1.82) is 0 Å². The quantitative estimate of drug-likeness (QED) is 0.892. The minimum atomic E-state index is -4.40. The number of benzene rings is 1. The average Bonchev–Trinajstić information content (AvgIpc) is 2.95. The van der Waals surface area contributed by atoms with Crippen molar-refractivity contribution in [3.05, 3.63) is 35.4 Å². The van der Waals surface area contributed by atoms with Gasteiger partial charge < -0.3 is 15.3 Å². The standard InChI is InChI=1S/C16H21F3N2O2/c1-11(20-15(23)21-7-6-12(9-21)10-22)8-13-4-2-3-5-14(13)16(17,18)19/h2-5,11-12,22H,6-10H2,1H3,(H,20,23)/t11-,12-/m1/s1. The molecule has 1 aliphatic rings. The van der Waals surface area contributed by atoms with Crippen LogP contribution in [0.15, 0.2) is 24.3 Å². The first kappa shape index (κ1) is 17.6. The van der Waals surface area contributed by atoms with Gasteiger partial charge in [-0.25, -0.2) is 4.79 Å². The number of hydrogen-bond donors (Lipinski definition) is 2. The number of halogens is 3. The van der Waals surface area contributed by atoms with Crippen LogP contribution in [-0.2, 0) is 12.6 Å². The van der Waals surface area contributed by atoms with Crippen molar-refractivity contribution < 1.29 is 23.1 Å². The van der Waals surface area contributed by atoms with Gasteiger partial charge in [0, 0.05) is 31.7 Å². The zero-order chi connectivity index (χ0) is 17.0. The van der Waals surface area contributed by atoms with Gasteiger partial charge in [-0.15, -0.1) is 0 Å². The van der Waals surface area contributed by atoms with Crippen LogP contribution in [-0.4, -0.2) is 41.8 Å². The highest BCUT2D eigenvalue weighted by Crippen LogP contribution is 2.32. The maximum atomic E-state index is 13.0. The van der Waals surface area contributed by atoms with Crippen molar-refractivity contribution in [3.8, 4) is 0 Å². The Bertz CT molecular complexity index is 548. The summed E-state index contributed by atoms with van der Waals surface area (Å²) in [5.41, 5.74) is -0.495. The molecule has 23 heavy (non-hydrogen) atoms. The molecule has 0 aromatic heterocycles. The first-order chi connectivity index (χ1) is 10.8. The predicted octanol–water partition coefficient (Wildman–Crippen LogP) is 2.66. The van der Waals surface area contributed by atoms with Gasteiger partial charge in [-0.05, 0) is 31.4 Å². The number of likely N-dealkylation sites (tertiary alicyclic amines) is 1. The van der Waals surface area contributed by atoms with Crippen LogP contribution in [0.25, 0.3) is 0 Å². The number of carbonyl (C=O) groups is 1. The lowest BCUT2D eigenvalue weighted by Gasteiger charge is -2.22. The highest BCUT2D eigenvalue weighted by atomic mass is 19.4. The Balaban J connectivity index is 1.95. The van der Waals surface area contributed by atoms with Gasteiger partial charge in [-0.3, -0.25) is 0 Å². The normalized spacial score (nSPS) is 19.7. The first-order valence-corrected chi connectivity index (χ1v) is 7.62. The minimum absolute atomic E-state index is 0.0400. The number of amides is 2. The number of hydrogen-bond acceptors (Lipinski definition) is 2. The monoisotopic (exact) mass is 330 g/mol. The highest BCUT2D eigenvalue weighted by Gasteiger charge is 2.33. The number of nitrogens with zero attached hydrogens (tertiary/aromatic N) is 1. The molecular formula is C16H21F3N2O2. The molecule has 2 atom stereocenters. The molecule has 0 radical (unpaired) electrons. The van der Waals surface area contributed by atoms with Gasteiger partial charge in [0.15, 0.2) is 0 Å². The predicted molar refractivity (Wildman–Crippen MR) is 79.9 cm³/mol. The molecule has 128 valence electrons. The SMILES string of the molecule is C[C@H](Cc1ccccc1C(F)(F)F)NC(=O)N1CC[C@@H](CO)C1. The molecule has 1 saturated heterocycles. The first-order valence-electron chi connectivity index (χ1n) is 7.62. The molecule has 2 amide bonds. The third kappa shape index (κ3) is 4.60. The number of urea groups is 1. The van der Waals surface area contributed by atoms with Crippen molar-refractivity contribution >= 4 is 6.03 Å². The zero-order valence-electron chi connectivity index (χ0n) is 12.9. The number of alkyl halides is 3. The highest BCUT2D eigenvalue weighted by molar-refractivity contribution is 5.74. The Labute approximate surface area is 133 Å². The van der Waals surface area contributed by atoms with E-state index < -0.39 is 17.8 Å². The second-order valence-corrected chi connectivity index (χ2v) is 5.99. The maximum absolute atomic E-state index is 13.0. The van der Waals surface area contributed by atoms with E-state index in [0.717, 1.165) is 12.5 Å². The number of carbonyl (C=O) groups excluding carboxylic acids is 1. The van der Waals surface area contributed by atoms with Gasteiger partial charge in [-0.1, -0.05) is 18.2 Å². The van der Waals surface area contributed by atoms with Gasteiger partial charge >= 0.3 is 12.2 Å². The van der Waals surface area contributed by atoms with Gasteiger partial charge in [0.05, 0.1) is 5.56 Å². The van der Waals surface area contributed by atoms with Crippen LogP contribution in [0.1, 0.15) is 24.5 Å². The van der Waals surface area contributed by atoms with Crippen molar-refractivity contribution in [2.24, 2.45) is 5.92 Å². The minimum Gasteiger partial charge on any atom is -0.396 e. The average molecular weight is 330 g/mol. The number of nitrogens with one attached hydrogen (secondary N) is 1. The number of rotatable bonds is 4. The molecular weight excluding hydrogens is 309 g/mol. The summed E-state index contributed by atoms with van der Waals surface area (Å²) in [6.45, 7) is 2.76. The molecule has 0 bridgehead atoms. The van der Waals surface area contributed by atoms with Crippen molar-refractivity contribution in [2.75, 3.05) is 19.7 Å². The van der Waals surface area contributed by atoms with E-state index in [1.807, 2.05) is 0 Å². The lowest BCUT2D eigenvalue weighted by Crippen LogP contribution is -2.43. The smallest absolute Gasteiger partial charge is 0.396 e. The second kappa shape index (κ2) is 7.21. The van der Waals surface area contributed by atoms with Crippen molar-refractivity contribution in [1.82, 2.24) is 10.2 Å². The topological polar surface area (TPSA) is 52.6 Å². The van der Waals surface area contributed by atoms with Crippen LogP contribution in [0.2, 0.25) is 0 Å². The summed E-state index contributed by atoms with van der Waals surface area (Å²) in [6.07, 6.45) is -3.54. The van der Waals surface area contributed by atoms with Crippen LogP contribution >= 0.6 is 0 Å². The molecule has 0 spiro atoms. The van der Waals surface area contributed by atoms with Crippen molar-refractivity contribution in [2.45, 2.75) is 32.0 Å². The van der Waals surface area contributed by atoms with Gasteiger partial charge in [0.25, 0.3) is 0 Å². The van der Waals surface area contributed by atoms with Gasteiger partial charge in [-0.2, -0.15) is 13.2 Å². The number of aliphatic hydroxyl groups is 1. The largest absolute Gasteiger partial charge is 0.416 e. The molecule has 7 heteroatoms. The summed E-state index contributed by atoms with van der Waals surface area (Å²) in [5, 5.41) is 11.8. The summed E-state index contributed by atoms with van der Waals surface area (Å²) < 4.78 is 38.9. The Morgan fingerprint density at radius 1 is 1.43 bits per heavy atom. The maximum Gasteiger partial charge on any atom is 0.416 e. The van der Waals surface area contributed by atoms with E-state index in [-0.39, 0.29) is 30.5 Å².